The number of hydrogen-bond donors (Lipinski definition) is 3. The number of aromatic amines is 1. The first-order valence-electron chi connectivity index (χ1n) is 6.03. The molecule has 0 aliphatic heterocycles. The molecule has 0 aliphatic carbocycles. The van der Waals surface area contributed by atoms with Crippen molar-refractivity contribution in [3.63, 3.8) is 0 Å². The summed E-state index contributed by atoms with van der Waals surface area (Å²) in [6.45, 7) is 1.38. The van der Waals surface area contributed by atoms with Gasteiger partial charge in [0.1, 0.15) is 0 Å². The highest BCUT2D eigenvalue weighted by molar-refractivity contribution is 7.89. The molecule has 7 nitrogen and oxygen atoms in total. The van der Waals surface area contributed by atoms with Crippen molar-refractivity contribution in [1.82, 2.24) is 9.82 Å². The van der Waals surface area contributed by atoms with Crippen LogP contribution in [0.25, 0.3) is 0 Å². The lowest BCUT2D eigenvalue weighted by Gasteiger charge is -2.05. The summed E-state index contributed by atoms with van der Waals surface area (Å²) < 4.78 is 23.9. The van der Waals surface area contributed by atoms with Gasteiger partial charge in [0, 0.05) is 18.8 Å². The summed E-state index contributed by atoms with van der Waals surface area (Å²) in [6.07, 6.45) is 3.07. The monoisotopic (exact) mass is 306 g/mol. The van der Waals surface area contributed by atoms with Crippen LogP contribution in [0.1, 0.15) is 12.6 Å². The molecule has 1 aromatic heterocycles. The molecule has 8 heteroatoms. The molecule has 0 spiro atoms. The quantitative estimate of drug-likeness (QED) is 0.572. The largest absolute Gasteiger partial charge is 0.360 e. The average molecular weight is 306 g/mol. The second-order valence-corrected chi connectivity index (χ2v) is 5.84. The van der Waals surface area contributed by atoms with Gasteiger partial charge in [-0.25, -0.2) is 4.83 Å². The Labute approximate surface area is 122 Å². The maximum Gasteiger partial charge on any atom is 0.276 e. The number of anilines is 1. The maximum atomic E-state index is 12.0. The third kappa shape index (κ3) is 4.18. The van der Waals surface area contributed by atoms with Crippen LogP contribution in [-0.2, 0) is 14.8 Å². The number of benzene rings is 1. The lowest BCUT2D eigenvalue weighted by atomic mass is 10.3. The third-order valence-electron chi connectivity index (χ3n) is 2.48. The number of carbonyl (C=O) groups is 1. The molecule has 0 radical (unpaired) electrons. The van der Waals surface area contributed by atoms with Crippen molar-refractivity contribution in [3.8, 4) is 0 Å². The first kappa shape index (κ1) is 14.8. The number of aromatic nitrogens is 1. The zero-order chi connectivity index (χ0) is 15.3. The van der Waals surface area contributed by atoms with E-state index >= 15 is 0 Å². The zero-order valence-corrected chi connectivity index (χ0v) is 12.0. The molecule has 1 amide bonds. The smallest absolute Gasteiger partial charge is 0.276 e. The Bertz CT molecular complexity index is 734. The van der Waals surface area contributed by atoms with E-state index in [1.807, 2.05) is 0 Å². The number of sulfonamides is 1. The van der Waals surface area contributed by atoms with Gasteiger partial charge in [-0.1, -0.05) is 0 Å². The van der Waals surface area contributed by atoms with Gasteiger partial charge in [-0.15, -0.1) is 0 Å². The summed E-state index contributed by atoms with van der Waals surface area (Å²) >= 11 is 0. The second-order valence-electron chi connectivity index (χ2n) is 4.18. The second kappa shape index (κ2) is 6.23. The average Bonchev–Trinajstić information content (AvgIpc) is 2.91. The Hall–Kier alpha value is -2.61. The van der Waals surface area contributed by atoms with E-state index in [0.717, 1.165) is 0 Å². The van der Waals surface area contributed by atoms with Gasteiger partial charge < -0.3 is 10.3 Å². The van der Waals surface area contributed by atoms with Crippen molar-refractivity contribution < 1.29 is 13.2 Å². The fraction of sp³-hybridized carbons (Fsp3) is 0.0769. The molecule has 0 unspecified atom stereocenters. The van der Waals surface area contributed by atoms with Gasteiger partial charge in [0.25, 0.3) is 10.0 Å². The van der Waals surface area contributed by atoms with Crippen molar-refractivity contribution in [1.29, 1.82) is 0 Å². The molecule has 2 rings (SSSR count). The van der Waals surface area contributed by atoms with Gasteiger partial charge >= 0.3 is 0 Å². The maximum absolute atomic E-state index is 12.0. The molecule has 1 heterocycles. The molecule has 3 N–H and O–H groups in total. The van der Waals surface area contributed by atoms with Gasteiger partial charge in [0.15, 0.2) is 0 Å². The van der Waals surface area contributed by atoms with E-state index in [1.54, 1.807) is 18.3 Å². The van der Waals surface area contributed by atoms with Crippen molar-refractivity contribution in [3.05, 3.63) is 48.3 Å². The van der Waals surface area contributed by atoms with E-state index in [-0.39, 0.29) is 10.8 Å². The lowest BCUT2D eigenvalue weighted by Crippen LogP contribution is -2.18. The third-order valence-corrected chi connectivity index (χ3v) is 3.72. The lowest BCUT2D eigenvalue weighted by molar-refractivity contribution is -0.114. The SMILES string of the molecule is CC(=O)Nc1ccc(S(=O)(=O)NN=Cc2ccc[nH]2)cc1. The van der Waals surface area contributed by atoms with Crippen LogP contribution in [0.4, 0.5) is 5.69 Å². The fourth-order valence-electron chi connectivity index (χ4n) is 1.56. The minimum Gasteiger partial charge on any atom is -0.360 e. The normalized spacial score (nSPS) is 11.5. The number of H-pyrrole nitrogens is 1. The van der Waals surface area contributed by atoms with Crippen LogP contribution in [0.2, 0.25) is 0 Å². The summed E-state index contributed by atoms with van der Waals surface area (Å²) in [6, 6.07) is 9.31. The number of rotatable bonds is 5. The molecule has 0 saturated heterocycles. The first-order valence-corrected chi connectivity index (χ1v) is 7.51. The standard InChI is InChI=1S/C13H14N4O3S/c1-10(18)16-11-4-6-13(7-5-11)21(19,20)17-15-9-12-3-2-8-14-12/h2-9,14,17H,1H3,(H,16,18). The van der Waals surface area contributed by atoms with Crippen molar-refractivity contribution in [2.75, 3.05) is 5.32 Å². The molecule has 0 aliphatic rings. The number of nitrogens with zero attached hydrogens (tertiary/aromatic N) is 1. The first-order chi connectivity index (χ1) is 9.97. The van der Waals surface area contributed by atoms with Crippen LogP contribution >= 0.6 is 0 Å². The fourth-order valence-corrected chi connectivity index (χ4v) is 2.35. The summed E-state index contributed by atoms with van der Waals surface area (Å²) in [5.74, 6) is -0.223. The molecule has 0 atom stereocenters. The van der Waals surface area contributed by atoms with Crippen LogP contribution in [0, 0.1) is 0 Å². The molecule has 0 fully saturated rings. The summed E-state index contributed by atoms with van der Waals surface area (Å²) in [5, 5.41) is 6.23. The highest BCUT2D eigenvalue weighted by Crippen LogP contribution is 2.13. The van der Waals surface area contributed by atoms with Gasteiger partial charge in [-0.2, -0.15) is 13.5 Å². The molecule has 2 aromatic rings. The molecular weight excluding hydrogens is 292 g/mol. The van der Waals surface area contributed by atoms with E-state index in [2.05, 4.69) is 20.2 Å². The Morgan fingerprint density at radius 1 is 1.24 bits per heavy atom. The van der Waals surface area contributed by atoms with Crippen molar-refractivity contribution >= 4 is 27.8 Å². The highest BCUT2D eigenvalue weighted by atomic mass is 32.2. The van der Waals surface area contributed by atoms with Gasteiger partial charge in [0.05, 0.1) is 16.8 Å². The molecule has 0 saturated carbocycles. The minimum atomic E-state index is -3.73. The zero-order valence-electron chi connectivity index (χ0n) is 11.2. The van der Waals surface area contributed by atoms with Crippen LogP contribution in [-0.4, -0.2) is 25.5 Å². The molecule has 21 heavy (non-hydrogen) atoms. The predicted molar refractivity (Wildman–Crippen MR) is 79.5 cm³/mol. The van der Waals surface area contributed by atoms with E-state index in [1.165, 1.54) is 37.4 Å². The number of hydrazone groups is 1. The topological polar surface area (TPSA) is 103 Å². The summed E-state index contributed by atoms with van der Waals surface area (Å²) in [5.41, 5.74) is 1.20. The molecule has 1 aromatic carbocycles. The van der Waals surface area contributed by atoms with Crippen molar-refractivity contribution in [2.45, 2.75) is 11.8 Å². The summed E-state index contributed by atoms with van der Waals surface area (Å²) in [4.78, 5) is 15.9. The molecular formula is C13H14N4O3S. The van der Waals surface area contributed by atoms with E-state index in [0.29, 0.717) is 11.4 Å². The van der Waals surface area contributed by atoms with Crippen LogP contribution < -0.4 is 10.1 Å². The Kier molecular flexibility index (Phi) is 4.39. The van der Waals surface area contributed by atoms with E-state index < -0.39 is 10.0 Å². The molecule has 110 valence electrons. The Morgan fingerprint density at radius 2 is 1.95 bits per heavy atom. The minimum absolute atomic E-state index is 0.0558. The van der Waals surface area contributed by atoms with Gasteiger partial charge in [0.2, 0.25) is 5.91 Å². The van der Waals surface area contributed by atoms with Gasteiger partial charge in [-0.3, -0.25) is 4.79 Å². The highest BCUT2D eigenvalue weighted by Gasteiger charge is 2.12. The van der Waals surface area contributed by atoms with E-state index in [9.17, 15) is 13.2 Å². The number of carbonyl (C=O) groups excluding carboxylic acids is 1. The number of hydrogen-bond acceptors (Lipinski definition) is 4. The van der Waals surface area contributed by atoms with Crippen molar-refractivity contribution in [2.24, 2.45) is 5.10 Å². The predicted octanol–water partition coefficient (Wildman–Crippen LogP) is 1.29. The van der Waals surface area contributed by atoms with E-state index in [4.69, 9.17) is 0 Å². The summed E-state index contributed by atoms with van der Waals surface area (Å²) in [7, 11) is -3.73. The van der Waals surface area contributed by atoms with Gasteiger partial charge in [-0.05, 0) is 36.4 Å². The van der Waals surface area contributed by atoms with Crippen LogP contribution in [0.3, 0.4) is 0 Å². The van der Waals surface area contributed by atoms with Crippen LogP contribution in [0.15, 0.2) is 52.6 Å². The van der Waals surface area contributed by atoms with Crippen LogP contribution in [0.5, 0.6) is 0 Å². The Morgan fingerprint density at radius 3 is 2.52 bits per heavy atom. The number of nitrogens with one attached hydrogen (secondary N) is 3. The Balaban J connectivity index is 2.07. The number of amides is 1. The molecule has 0 bridgehead atoms.